The lowest BCUT2D eigenvalue weighted by molar-refractivity contribution is 0.430. The summed E-state index contributed by atoms with van der Waals surface area (Å²) in [5, 5.41) is 3.92. The first-order chi connectivity index (χ1) is 13.1. The van der Waals surface area contributed by atoms with Crippen molar-refractivity contribution in [1.29, 1.82) is 0 Å². The number of hydrogen-bond donors (Lipinski definition) is 2. The second-order valence-corrected chi connectivity index (χ2v) is 5.61. The molecule has 0 spiro atoms. The first-order valence-electron chi connectivity index (χ1n) is 7.96. The van der Waals surface area contributed by atoms with Crippen LogP contribution in [-0.4, -0.2) is 37.1 Å². The molecule has 0 aliphatic carbocycles. The number of nitrogen functional groups attached to an aromatic ring is 2. The molecule has 0 bridgehead atoms. The van der Waals surface area contributed by atoms with Crippen LogP contribution in [0.15, 0.2) is 53.2 Å². The second kappa shape index (κ2) is 6.67. The van der Waals surface area contributed by atoms with E-state index in [0.29, 0.717) is 17.3 Å². The van der Waals surface area contributed by atoms with Crippen molar-refractivity contribution in [3.8, 4) is 23.2 Å². The summed E-state index contributed by atoms with van der Waals surface area (Å²) in [4.78, 5) is 22.9. The molecule has 10 heteroatoms. The normalized spacial score (nSPS) is 10.7. The molecule has 0 aliphatic rings. The minimum atomic E-state index is 0.0507. The molecule has 0 unspecified atom stereocenters. The van der Waals surface area contributed by atoms with E-state index in [1.807, 2.05) is 37.4 Å². The molecule has 4 rings (SSSR count). The molecule has 3 aromatic heterocycles. The van der Waals surface area contributed by atoms with Crippen LogP contribution in [0.5, 0.6) is 0 Å². The molecule has 0 fully saturated rings. The van der Waals surface area contributed by atoms with Crippen LogP contribution >= 0.6 is 0 Å². The van der Waals surface area contributed by atoms with Gasteiger partial charge in [-0.3, -0.25) is 0 Å². The standard InChI is InChI=1S/C17H15N9O/c1-26(11-5-3-2-4-6-11)17-23-13(22-16(19)24-17)14-21-15(27-25-14)12-8-7-10(18)9-20-12/h2-9H,18H2,1H3,(H2,19,22,23,24). The van der Waals surface area contributed by atoms with E-state index in [9.17, 15) is 0 Å². The number of hydrogen-bond acceptors (Lipinski definition) is 10. The maximum absolute atomic E-state index is 5.85. The van der Waals surface area contributed by atoms with E-state index in [-0.39, 0.29) is 23.5 Å². The molecular formula is C17H15N9O. The highest BCUT2D eigenvalue weighted by molar-refractivity contribution is 5.60. The average Bonchev–Trinajstić information content (AvgIpc) is 3.18. The van der Waals surface area contributed by atoms with Gasteiger partial charge in [-0.05, 0) is 24.3 Å². The fourth-order valence-electron chi connectivity index (χ4n) is 2.35. The Morgan fingerprint density at radius 3 is 2.44 bits per heavy atom. The van der Waals surface area contributed by atoms with Crippen LogP contribution in [0.4, 0.5) is 23.3 Å². The van der Waals surface area contributed by atoms with E-state index in [0.717, 1.165) is 5.69 Å². The predicted molar refractivity (Wildman–Crippen MR) is 99.7 cm³/mol. The average molecular weight is 361 g/mol. The van der Waals surface area contributed by atoms with Crippen molar-refractivity contribution >= 4 is 23.3 Å². The smallest absolute Gasteiger partial charge is 0.276 e. The monoisotopic (exact) mass is 361 g/mol. The van der Waals surface area contributed by atoms with E-state index < -0.39 is 0 Å². The summed E-state index contributed by atoms with van der Waals surface area (Å²) in [6.07, 6.45) is 1.51. The van der Waals surface area contributed by atoms with Crippen molar-refractivity contribution in [1.82, 2.24) is 30.1 Å². The second-order valence-electron chi connectivity index (χ2n) is 5.61. The first kappa shape index (κ1) is 16.4. The number of para-hydroxylation sites is 1. The van der Waals surface area contributed by atoms with Crippen LogP contribution in [-0.2, 0) is 0 Å². The van der Waals surface area contributed by atoms with Gasteiger partial charge in [0.1, 0.15) is 5.69 Å². The molecule has 1 aromatic carbocycles. The number of rotatable bonds is 4. The molecule has 3 heterocycles. The lowest BCUT2D eigenvalue weighted by Crippen LogP contribution is -2.15. The number of anilines is 4. The van der Waals surface area contributed by atoms with Crippen LogP contribution in [0.1, 0.15) is 0 Å². The third kappa shape index (κ3) is 3.35. The predicted octanol–water partition coefficient (Wildman–Crippen LogP) is 1.92. The van der Waals surface area contributed by atoms with Crippen molar-refractivity contribution < 1.29 is 4.52 Å². The topological polar surface area (TPSA) is 146 Å². The van der Waals surface area contributed by atoms with Crippen LogP contribution < -0.4 is 16.4 Å². The zero-order valence-electron chi connectivity index (χ0n) is 14.3. The highest BCUT2D eigenvalue weighted by atomic mass is 16.5. The van der Waals surface area contributed by atoms with Gasteiger partial charge in [0.15, 0.2) is 0 Å². The number of benzene rings is 1. The quantitative estimate of drug-likeness (QED) is 0.552. The van der Waals surface area contributed by atoms with E-state index in [4.69, 9.17) is 16.0 Å². The van der Waals surface area contributed by atoms with Gasteiger partial charge in [0.05, 0.1) is 11.9 Å². The molecule has 0 saturated carbocycles. The van der Waals surface area contributed by atoms with Gasteiger partial charge in [-0.25, -0.2) is 4.98 Å². The Hall–Kier alpha value is -4.08. The zero-order chi connectivity index (χ0) is 18.8. The van der Waals surface area contributed by atoms with Crippen molar-refractivity contribution in [3.05, 3.63) is 48.7 Å². The maximum atomic E-state index is 5.85. The minimum Gasteiger partial charge on any atom is -0.397 e. The van der Waals surface area contributed by atoms with Gasteiger partial charge in [0.2, 0.25) is 23.5 Å². The number of aromatic nitrogens is 6. The number of nitrogens with two attached hydrogens (primary N) is 2. The van der Waals surface area contributed by atoms with Gasteiger partial charge in [0, 0.05) is 12.7 Å². The van der Waals surface area contributed by atoms with Gasteiger partial charge >= 0.3 is 0 Å². The van der Waals surface area contributed by atoms with E-state index in [1.54, 1.807) is 17.0 Å². The van der Waals surface area contributed by atoms with Gasteiger partial charge in [-0.1, -0.05) is 23.4 Å². The Labute approximate surface area is 153 Å². The summed E-state index contributed by atoms with van der Waals surface area (Å²) in [7, 11) is 1.83. The van der Waals surface area contributed by atoms with E-state index in [2.05, 4.69) is 30.1 Å². The van der Waals surface area contributed by atoms with Gasteiger partial charge in [0.25, 0.3) is 5.89 Å². The molecule has 4 aromatic rings. The fraction of sp³-hybridized carbons (Fsp3) is 0.0588. The molecule has 0 radical (unpaired) electrons. The molecule has 0 aliphatic heterocycles. The Morgan fingerprint density at radius 1 is 0.889 bits per heavy atom. The number of nitrogens with zero attached hydrogens (tertiary/aromatic N) is 7. The first-order valence-corrected chi connectivity index (χ1v) is 7.96. The lowest BCUT2D eigenvalue weighted by Gasteiger charge is -2.17. The molecular weight excluding hydrogens is 346 g/mol. The Bertz CT molecular complexity index is 1060. The van der Waals surface area contributed by atoms with Crippen molar-refractivity contribution in [2.45, 2.75) is 0 Å². The summed E-state index contributed by atoms with van der Waals surface area (Å²) < 4.78 is 5.25. The van der Waals surface area contributed by atoms with Crippen molar-refractivity contribution in [3.63, 3.8) is 0 Å². The van der Waals surface area contributed by atoms with Gasteiger partial charge in [-0.15, -0.1) is 0 Å². The zero-order valence-corrected chi connectivity index (χ0v) is 14.3. The summed E-state index contributed by atoms with van der Waals surface area (Å²) in [6, 6.07) is 13.0. The Morgan fingerprint density at radius 2 is 1.70 bits per heavy atom. The van der Waals surface area contributed by atoms with Crippen molar-refractivity contribution in [2.75, 3.05) is 23.4 Å². The lowest BCUT2D eigenvalue weighted by atomic mass is 10.3. The Kier molecular flexibility index (Phi) is 4.05. The maximum Gasteiger partial charge on any atom is 0.276 e. The van der Waals surface area contributed by atoms with E-state index >= 15 is 0 Å². The van der Waals surface area contributed by atoms with Crippen LogP contribution in [0.25, 0.3) is 23.2 Å². The summed E-state index contributed by atoms with van der Waals surface area (Å²) in [6.45, 7) is 0. The SMILES string of the molecule is CN(c1ccccc1)c1nc(N)nc(-c2noc(-c3ccc(N)cn3)n2)n1. The molecule has 0 amide bonds. The summed E-state index contributed by atoms with van der Waals surface area (Å²) in [5.74, 6) is 1.02. The molecule has 134 valence electrons. The molecule has 4 N–H and O–H groups in total. The van der Waals surface area contributed by atoms with Gasteiger partial charge < -0.3 is 20.9 Å². The van der Waals surface area contributed by atoms with Crippen LogP contribution in [0.3, 0.4) is 0 Å². The molecule has 0 saturated heterocycles. The largest absolute Gasteiger partial charge is 0.397 e. The number of pyridine rings is 1. The fourth-order valence-corrected chi connectivity index (χ4v) is 2.35. The minimum absolute atomic E-state index is 0.0507. The third-order valence-electron chi connectivity index (χ3n) is 3.72. The van der Waals surface area contributed by atoms with Crippen LogP contribution in [0, 0.1) is 0 Å². The summed E-state index contributed by atoms with van der Waals surface area (Å²) >= 11 is 0. The van der Waals surface area contributed by atoms with Gasteiger partial charge in [-0.2, -0.15) is 19.9 Å². The van der Waals surface area contributed by atoms with E-state index in [1.165, 1.54) is 6.20 Å². The Balaban J connectivity index is 1.69. The highest BCUT2D eigenvalue weighted by Crippen LogP contribution is 2.23. The molecule has 10 nitrogen and oxygen atoms in total. The molecule has 27 heavy (non-hydrogen) atoms. The van der Waals surface area contributed by atoms with Crippen molar-refractivity contribution in [2.24, 2.45) is 0 Å². The highest BCUT2D eigenvalue weighted by Gasteiger charge is 2.17. The third-order valence-corrected chi connectivity index (χ3v) is 3.72. The molecule has 0 atom stereocenters. The summed E-state index contributed by atoms with van der Waals surface area (Å²) in [5.41, 5.74) is 13.4. The van der Waals surface area contributed by atoms with Crippen LogP contribution in [0.2, 0.25) is 0 Å².